The lowest BCUT2D eigenvalue weighted by atomic mass is 9.92. The van der Waals surface area contributed by atoms with E-state index in [9.17, 15) is 10.1 Å². The van der Waals surface area contributed by atoms with Gasteiger partial charge in [-0.15, -0.1) is 0 Å². The summed E-state index contributed by atoms with van der Waals surface area (Å²) in [7, 11) is 1.66. The van der Waals surface area contributed by atoms with Crippen molar-refractivity contribution in [3.8, 4) is 11.8 Å². The summed E-state index contributed by atoms with van der Waals surface area (Å²) < 4.78 is 12.7. The molecular weight excluding hydrogens is 382 g/mol. The number of rotatable bonds is 7. The number of carbonyl (C=O) groups is 1. The standard InChI is InChI=1S/C22H25N5O3/c1-29-8-9-30-18-4-2-16(3-5-18)26-22(28)20-11-17(27-7-6-24-14-27)10-19-15(12-23)13-25-21(19)20/h6-7,10-11,13-14,16,18,25H,2-5,8-9H2,1H3,(H,26,28). The minimum absolute atomic E-state index is 0.108. The number of nitriles is 1. The fraction of sp³-hybridized carbons (Fsp3) is 0.409. The van der Waals surface area contributed by atoms with Gasteiger partial charge in [-0.3, -0.25) is 4.79 Å². The van der Waals surface area contributed by atoms with Crippen molar-refractivity contribution in [1.82, 2.24) is 19.9 Å². The van der Waals surface area contributed by atoms with E-state index in [1.165, 1.54) is 0 Å². The van der Waals surface area contributed by atoms with E-state index >= 15 is 0 Å². The maximum atomic E-state index is 13.2. The highest BCUT2D eigenvalue weighted by atomic mass is 16.5. The molecule has 1 fully saturated rings. The Bertz CT molecular complexity index is 1040. The Morgan fingerprint density at radius 1 is 1.33 bits per heavy atom. The van der Waals surface area contributed by atoms with E-state index in [1.807, 2.05) is 22.9 Å². The van der Waals surface area contributed by atoms with E-state index in [2.05, 4.69) is 21.4 Å². The number of nitrogens with zero attached hydrogens (tertiary/aromatic N) is 3. The molecule has 0 aliphatic heterocycles. The Morgan fingerprint density at radius 3 is 2.87 bits per heavy atom. The molecule has 1 aliphatic rings. The molecule has 1 aromatic carbocycles. The first-order chi connectivity index (χ1) is 14.7. The van der Waals surface area contributed by atoms with Crippen LogP contribution in [0.2, 0.25) is 0 Å². The second kappa shape index (κ2) is 9.11. The molecule has 1 aliphatic carbocycles. The Labute approximate surface area is 174 Å². The summed E-state index contributed by atoms with van der Waals surface area (Å²) in [5.41, 5.74) is 2.49. The third-order valence-electron chi connectivity index (χ3n) is 5.59. The molecule has 0 bridgehead atoms. The number of ether oxygens (including phenoxy) is 2. The van der Waals surface area contributed by atoms with Gasteiger partial charge in [-0.1, -0.05) is 0 Å². The third-order valence-corrected chi connectivity index (χ3v) is 5.59. The molecule has 8 heteroatoms. The number of aromatic nitrogens is 3. The van der Waals surface area contributed by atoms with Crippen molar-refractivity contribution >= 4 is 16.8 Å². The number of carbonyl (C=O) groups excluding carboxylic acids is 1. The molecule has 0 radical (unpaired) electrons. The summed E-state index contributed by atoms with van der Waals surface area (Å²) in [5, 5.41) is 13.3. The fourth-order valence-electron chi connectivity index (χ4n) is 3.98. The molecule has 1 amide bonds. The van der Waals surface area contributed by atoms with Gasteiger partial charge in [0.1, 0.15) is 6.07 Å². The number of benzene rings is 1. The van der Waals surface area contributed by atoms with E-state index in [-0.39, 0.29) is 18.1 Å². The Hall–Kier alpha value is -3.15. The number of methoxy groups -OCH3 is 1. The highest BCUT2D eigenvalue weighted by Gasteiger charge is 2.24. The lowest BCUT2D eigenvalue weighted by Gasteiger charge is -2.29. The molecule has 1 saturated carbocycles. The molecular formula is C22H25N5O3. The SMILES string of the molecule is COCCOC1CCC(NC(=O)c2cc(-n3ccnc3)cc3c(C#N)c[nH]c23)CC1. The Morgan fingerprint density at radius 2 is 2.17 bits per heavy atom. The van der Waals surface area contributed by atoms with E-state index in [4.69, 9.17) is 9.47 Å². The molecule has 0 spiro atoms. The molecule has 3 aromatic rings. The highest BCUT2D eigenvalue weighted by Crippen LogP contribution is 2.27. The molecule has 2 aromatic heterocycles. The molecule has 2 N–H and O–H groups in total. The smallest absolute Gasteiger partial charge is 0.253 e. The second-order valence-electron chi connectivity index (χ2n) is 7.51. The zero-order chi connectivity index (χ0) is 20.9. The van der Waals surface area contributed by atoms with Gasteiger partial charge in [-0.05, 0) is 37.8 Å². The first-order valence-corrected chi connectivity index (χ1v) is 10.1. The van der Waals surface area contributed by atoms with Crippen LogP contribution >= 0.6 is 0 Å². The molecule has 0 unspecified atom stereocenters. The van der Waals surface area contributed by atoms with Crippen LogP contribution in [0.5, 0.6) is 0 Å². The molecule has 0 atom stereocenters. The monoisotopic (exact) mass is 407 g/mol. The van der Waals surface area contributed by atoms with Crippen molar-refractivity contribution in [3.63, 3.8) is 0 Å². The van der Waals surface area contributed by atoms with Crippen LogP contribution in [0.3, 0.4) is 0 Å². The Balaban J connectivity index is 1.51. The van der Waals surface area contributed by atoms with Gasteiger partial charge in [0.05, 0.1) is 42.3 Å². The molecule has 2 heterocycles. The van der Waals surface area contributed by atoms with Crippen LogP contribution in [0.25, 0.3) is 16.6 Å². The minimum Gasteiger partial charge on any atom is -0.382 e. The van der Waals surface area contributed by atoms with E-state index in [1.54, 1.807) is 25.8 Å². The molecule has 0 saturated heterocycles. The average molecular weight is 407 g/mol. The quantitative estimate of drug-likeness (QED) is 0.586. The summed E-state index contributed by atoms with van der Waals surface area (Å²) in [5.74, 6) is -0.142. The van der Waals surface area contributed by atoms with Gasteiger partial charge in [-0.2, -0.15) is 5.26 Å². The number of imidazole rings is 1. The van der Waals surface area contributed by atoms with Crippen molar-refractivity contribution in [2.24, 2.45) is 0 Å². The van der Waals surface area contributed by atoms with Gasteiger partial charge in [-0.25, -0.2) is 4.98 Å². The van der Waals surface area contributed by atoms with Crippen molar-refractivity contribution in [1.29, 1.82) is 5.26 Å². The van der Waals surface area contributed by atoms with E-state index < -0.39 is 0 Å². The van der Waals surface area contributed by atoms with Gasteiger partial charge in [0.15, 0.2) is 0 Å². The number of aromatic amines is 1. The van der Waals surface area contributed by atoms with E-state index in [0.717, 1.165) is 36.8 Å². The minimum atomic E-state index is -0.142. The van der Waals surface area contributed by atoms with Crippen LogP contribution in [0.1, 0.15) is 41.6 Å². The first-order valence-electron chi connectivity index (χ1n) is 10.1. The summed E-state index contributed by atoms with van der Waals surface area (Å²) in [4.78, 5) is 20.3. The van der Waals surface area contributed by atoms with Gasteiger partial charge in [0.2, 0.25) is 0 Å². The lowest BCUT2D eigenvalue weighted by Crippen LogP contribution is -2.39. The van der Waals surface area contributed by atoms with Gasteiger partial charge < -0.3 is 24.3 Å². The maximum absolute atomic E-state index is 13.2. The Kier molecular flexibility index (Phi) is 6.12. The number of hydrogen-bond donors (Lipinski definition) is 2. The number of H-pyrrole nitrogens is 1. The van der Waals surface area contributed by atoms with Gasteiger partial charge in [0, 0.05) is 42.8 Å². The second-order valence-corrected chi connectivity index (χ2v) is 7.51. The van der Waals surface area contributed by atoms with Crippen LogP contribution in [-0.4, -0.2) is 52.9 Å². The van der Waals surface area contributed by atoms with Crippen LogP contribution in [0.4, 0.5) is 0 Å². The van der Waals surface area contributed by atoms with Crippen molar-refractivity contribution in [3.05, 3.63) is 48.2 Å². The number of nitrogens with one attached hydrogen (secondary N) is 2. The molecule has 30 heavy (non-hydrogen) atoms. The number of amides is 1. The maximum Gasteiger partial charge on any atom is 0.253 e. The van der Waals surface area contributed by atoms with Crippen LogP contribution in [0, 0.1) is 11.3 Å². The van der Waals surface area contributed by atoms with Crippen molar-refractivity contribution < 1.29 is 14.3 Å². The molecule has 156 valence electrons. The van der Waals surface area contributed by atoms with E-state index in [0.29, 0.717) is 29.9 Å². The predicted octanol–water partition coefficient (Wildman–Crippen LogP) is 2.93. The van der Waals surface area contributed by atoms with Crippen molar-refractivity contribution in [2.45, 2.75) is 37.8 Å². The molecule has 4 rings (SSSR count). The summed E-state index contributed by atoms with van der Waals surface area (Å²) >= 11 is 0. The van der Waals surface area contributed by atoms with Gasteiger partial charge >= 0.3 is 0 Å². The third kappa shape index (κ3) is 4.22. The lowest BCUT2D eigenvalue weighted by molar-refractivity contribution is -0.00408. The summed E-state index contributed by atoms with van der Waals surface area (Å²) in [6, 6.07) is 6.02. The number of fused-ring (bicyclic) bond motifs is 1. The zero-order valence-corrected chi connectivity index (χ0v) is 16.9. The fourth-order valence-corrected chi connectivity index (χ4v) is 3.98. The van der Waals surface area contributed by atoms with Crippen LogP contribution in [-0.2, 0) is 9.47 Å². The topological polar surface area (TPSA) is 105 Å². The van der Waals surface area contributed by atoms with Crippen LogP contribution in [0.15, 0.2) is 37.1 Å². The van der Waals surface area contributed by atoms with Crippen LogP contribution < -0.4 is 5.32 Å². The van der Waals surface area contributed by atoms with Crippen molar-refractivity contribution in [2.75, 3.05) is 20.3 Å². The number of hydrogen-bond acceptors (Lipinski definition) is 5. The molecule has 8 nitrogen and oxygen atoms in total. The zero-order valence-electron chi connectivity index (χ0n) is 16.9. The predicted molar refractivity (Wildman–Crippen MR) is 111 cm³/mol. The first kappa shape index (κ1) is 20.1. The highest BCUT2D eigenvalue weighted by molar-refractivity contribution is 6.08. The van der Waals surface area contributed by atoms with Gasteiger partial charge in [0.25, 0.3) is 5.91 Å². The largest absolute Gasteiger partial charge is 0.382 e. The average Bonchev–Trinajstić information content (AvgIpc) is 3.44. The summed E-state index contributed by atoms with van der Waals surface area (Å²) in [6.07, 6.45) is 10.6. The normalized spacial score (nSPS) is 18.9. The summed E-state index contributed by atoms with van der Waals surface area (Å²) in [6.45, 7) is 1.20.